The summed E-state index contributed by atoms with van der Waals surface area (Å²) in [6.07, 6.45) is 10.2. The van der Waals surface area contributed by atoms with E-state index >= 15 is 0 Å². The van der Waals surface area contributed by atoms with Crippen LogP contribution < -0.4 is 16.8 Å². The first-order valence-corrected chi connectivity index (χ1v) is 8.87. The summed E-state index contributed by atoms with van der Waals surface area (Å²) in [4.78, 5) is 21.6. The maximum Gasteiger partial charge on any atom is 0.466 e. The number of phosphoric acid groups is 1. The fourth-order valence-electron chi connectivity index (χ4n) is 1.62. The van der Waals surface area contributed by atoms with Crippen LogP contribution in [0.5, 0.6) is 0 Å². The van der Waals surface area contributed by atoms with E-state index < -0.39 is 7.82 Å². The molecule has 0 aromatic carbocycles. The second-order valence-corrected chi connectivity index (χ2v) is 5.70. The highest BCUT2D eigenvalue weighted by molar-refractivity contribution is 7.45. The molecule has 0 spiro atoms. The number of hydrogen-bond donors (Lipinski definition) is 6. The number of hydrogen-bond acceptors (Lipinski definition) is 4. The molecule has 124 valence electrons. The van der Waals surface area contributed by atoms with Crippen LogP contribution in [-0.4, -0.2) is 40.9 Å². The molecule has 0 aromatic heterocycles. The van der Waals surface area contributed by atoms with Crippen LogP contribution in [0.1, 0.15) is 51.4 Å². The Morgan fingerprint density at radius 3 is 1.30 bits per heavy atom. The zero-order valence-electron chi connectivity index (χ0n) is 12.3. The average molecular weight is 313 g/mol. The smallest absolute Gasteiger partial charge is 0.330 e. The monoisotopic (exact) mass is 313 g/mol. The molecule has 20 heavy (non-hydrogen) atoms. The Bertz CT molecular complexity index is 206. The maximum absolute atomic E-state index is 8.88. The molecular weight excluding hydrogens is 281 g/mol. The van der Waals surface area contributed by atoms with Gasteiger partial charge in [-0.25, -0.2) is 4.57 Å². The fourth-order valence-corrected chi connectivity index (χ4v) is 1.62. The molecule has 0 unspecified atom stereocenters. The Kier molecular flexibility index (Phi) is 19.0. The topological polar surface area (TPSA) is 142 Å². The third kappa shape index (κ3) is 36.1. The van der Waals surface area contributed by atoms with Crippen molar-refractivity contribution < 1.29 is 19.2 Å². The van der Waals surface area contributed by atoms with Crippen molar-refractivity contribution in [2.24, 2.45) is 11.5 Å². The van der Waals surface area contributed by atoms with Crippen LogP contribution in [0.4, 0.5) is 0 Å². The lowest BCUT2D eigenvalue weighted by Gasteiger charge is -2.04. The minimum atomic E-state index is -4.64. The maximum atomic E-state index is 8.88. The fraction of sp³-hybridized carbons (Fsp3) is 1.00. The van der Waals surface area contributed by atoms with Crippen molar-refractivity contribution >= 4 is 7.82 Å². The highest BCUT2D eigenvalue weighted by Crippen LogP contribution is 2.25. The molecule has 0 radical (unpaired) electrons. The van der Waals surface area contributed by atoms with Gasteiger partial charge in [0.2, 0.25) is 0 Å². The summed E-state index contributed by atoms with van der Waals surface area (Å²) in [6, 6.07) is 0. The van der Waals surface area contributed by atoms with Crippen LogP contribution in [0, 0.1) is 0 Å². The lowest BCUT2D eigenvalue weighted by Crippen LogP contribution is -2.16. The van der Waals surface area contributed by atoms with Crippen LogP contribution in [0.25, 0.3) is 0 Å². The van der Waals surface area contributed by atoms with Gasteiger partial charge in [0, 0.05) is 0 Å². The van der Waals surface area contributed by atoms with Crippen molar-refractivity contribution in [2.45, 2.75) is 51.4 Å². The number of nitrogens with two attached hydrogens (primary N) is 2. The van der Waals surface area contributed by atoms with Crippen molar-refractivity contribution in [3.8, 4) is 0 Å². The van der Waals surface area contributed by atoms with E-state index in [1.807, 2.05) is 0 Å². The summed E-state index contributed by atoms with van der Waals surface area (Å²) in [6.45, 7) is 4.02. The number of unbranched alkanes of at least 4 members (excludes halogenated alkanes) is 6. The van der Waals surface area contributed by atoms with Gasteiger partial charge in [0.05, 0.1) is 0 Å². The first-order chi connectivity index (χ1) is 9.41. The Morgan fingerprint density at radius 1 is 0.700 bits per heavy atom. The summed E-state index contributed by atoms with van der Waals surface area (Å²) >= 11 is 0. The third-order valence-electron chi connectivity index (χ3n) is 2.62. The predicted octanol–water partition coefficient (Wildman–Crippen LogP) is 0.686. The Morgan fingerprint density at radius 2 is 1.00 bits per heavy atom. The minimum Gasteiger partial charge on any atom is -0.330 e. The van der Waals surface area contributed by atoms with E-state index in [-0.39, 0.29) is 0 Å². The summed E-state index contributed by atoms with van der Waals surface area (Å²) in [5.41, 5.74) is 10.8. The second-order valence-electron chi connectivity index (χ2n) is 4.67. The van der Waals surface area contributed by atoms with Gasteiger partial charge in [-0.05, 0) is 51.9 Å². The van der Waals surface area contributed by atoms with Gasteiger partial charge in [0.25, 0.3) is 0 Å². The molecule has 7 nitrogen and oxygen atoms in total. The normalized spacial score (nSPS) is 11.1. The molecule has 0 aliphatic carbocycles. The van der Waals surface area contributed by atoms with Gasteiger partial charge in [0.15, 0.2) is 0 Å². The highest BCUT2D eigenvalue weighted by atomic mass is 31.2. The van der Waals surface area contributed by atoms with Crippen LogP contribution in [-0.2, 0) is 4.57 Å². The van der Waals surface area contributed by atoms with E-state index in [9.17, 15) is 0 Å². The van der Waals surface area contributed by atoms with Crippen molar-refractivity contribution in [3.63, 3.8) is 0 Å². The zero-order valence-corrected chi connectivity index (χ0v) is 13.2. The molecule has 0 saturated carbocycles. The summed E-state index contributed by atoms with van der Waals surface area (Å²) in [5.74, 6) is 0. The van der Waals surface area contributed by atoms with E-state index in [0.717, 1.165) is 13.1 Å². The second kappa shape index (κ2) is 17.0. The summed E-state index contributed by atoms with van der Waals surface area (Å²) < 4.78 is 8.88. The molecule has 0 fully saturated rings. The first-order valence-electron chi connectivity index (χ1n) is 7.31. The molecular formula is C12H32N3O4P. The molecule has 0 saturated heterocycles. The molecule has 0 bridgehead atoms. The quantitative estimate of drug-likeness (QED) is 0.230. The van der Waals surface area contributed by atoms with Crippen molar-refractivity contribution in [2.75, 3.05) is 26.2 Å². The Balaban J connectivity index is 0. The Hall–Kier alpha value is -0.0100. The van der Waals surface area contributed by atoms with Crippen molar-refractivity contribution in [1.29, 1.82) is 0 Å². The van der Waals surface area contributed by atoms with Gasteiger partial charge < -0.3 is 31.5 Å². The van der Waals surface area contributed by atoms with Gasteiger partial charge >= 0.3 is 7.82 Å². The van der Waals surface area contributed by atoms with Gasteiger partial charge in [-0.2, -0.15) is 0 Å². The van der Waals surface area contributed by atoms with Crippen LogP contribution in [0.3, 0.4) is 0 Å². The first kappa shape index (κ1) is 22.3. The average Bonchev–Trinajstić information content (AvgIpc) is 2.34. The van der Waals surface area contributed by atoms with E-state index in [2.05, 4.69) is 5.32 Å². The van der Waals surface area contributed by atoms with Crippen LogP contribution in [0.15, 0.2) is 0 Å². The predicted molar refractivity (Wildman–Crippen MR) is 82.2 cm³/mol. The molecule has 0 aliphatic rings. The van der Waals surface area contributed by atoms with Gasteiger partial charge in [-0.3, -0.25) is 0 Å². The lowest BCUT2D eigenvalue weighted by atomic mass is 10.2. The third-order valence-corrected chi connectivity index (χ3v) is 2.62. The Labute approximate surface area is 122 Å². The molecule has 0 aromatic rings. The standard InChI is InChI=1S/C12H29N3.H3O4P/c13-9-5-1-3-7-11-15-12-8-4-2-6-10-14;1-5(2,3)4/h15H,1-14H2;(H3,1,2,3,4). The van der Waals surface area contributed by atoms with Crippen LogP contribution >= 0.6 is 7.82 Å². The van der Waals surface area contributed by atoms with Gasteiger partial charge in [-0.15, -0.1) is 0 Å². The number of nitrogens with one attached hydrogen (secondary N) is 1. The van der Waals surface area contributed by atoms with Crippen LogP contribution in [0.2, 0.25) is 0 Å². The molecule has 0 atom stereocenters. The molecule has 0 heterocycles. The van der Waals surface area contributed by atoms with E-state index in [1.165, 1.54) is 64.5 Å². The molecule has 8 heteroatoms. The largest absolute Gasteiger partial charge is 0.466 e. The van der Waals surface area contributed by atoms with Gasteiger partial charge in [0.1, 0.15) is 0 Å². The SMILES string of the molecule is NCCCCCCNCCCCCCN.O=P(O)(O)O. The van der Waals surface area contributed by atoms with Crippen molar-refractivity contribution in [3.05, 3.63) is 0 Å². The molecule has 0 amide bonds. The summed E-state index contributed by atoms with van der Waals surface area (Å²) in [7, 11) is -4.64. The van der Waals surface area contributed by atoms with E-state index in [1.54, 1.807) is 0 Å². The molecule has 0 aliphatic heterocycles. The van der Waals surface area contributed by atoms with Crippen molar-refractivity contribution in [1.82, 2.24) is 5.32 Å². The van der Waals surface area contributed by atoms with E-state index in [0.29, 0.717) is 0 Å². The zero-order chi connectivity index (χ0) is 15.7. The molecule has 8 N–H and O–H groups in total. The van der Waals surface area contributed by atoms with E-state index in [4.69, 9.17) is 30.7 Å². The molecule has 0 rings (SSSR count). The highest BCUT2D eigenvalue weighted by Gasteiger charge is 2.00. The van der Waals surface area contributed by atoms with Gasteiger partial charge in [-0.1, -0.05) is 25.7 Å². The minimum absolute atomic E-state index is 0.842. The summed E-state index contributed by atoms with van der Waals surface area (Å²) in [5, 5.41) is 3.48. The number of rotatable bonds is 12. The lowest BCUT2D eigenvalue weighted by molar-refractivity contribution is 0.275.